The van der Waals surface area contributed by atoms with E-state index in [0.29, 0.717) is 30.4 Å². The molecule has 1 fully saturated rings. The van der Waals surface area contributed by atoms with Crippen molar-refractivity contribution in [1.29, 1.82) is 0 Å². The molecule has 0 spiro atoms. The second-order valence-corrected chi connectivity index (χ2v) is 6.39. The molecule has 6 heteroatoms. The normalized spacial score (nSPS) is 15.5. The van der Waals surface area contributed by atoms with Gasteiger partial charge in [-0.2, -0.15) is 4.98 Å². The second kappa shape index (κ2) is 7.08. The maximum absolute atomic E-state index is 12.6. The predicted molar refractivity (Wildman–Crippen MR) is 90.5 cm³/mol. The van der Waals surface area contributed by atoms with Crippen LogP contribution in [0.4, 0.5) is 0 Å². The Morgan fingerprint density at radius 3 is 2.70 bits per heavy atom. The predicted octanol–water partition coefficient (Wildman–Crippen LogP) is 3.23. The van der Waals surface area contributed by atoms with Crippen LogP contribution in [0.5, 0.6) is 5.88 Å². The summed E-state index contributed by atoms with van der Waals surface area (Å²) in [5.74, 6) is 1.37. The molecule has 1 aliphatic rings. The molecule has 23 heavy (non-hydrogen) atoms. The number of halogens is 1. The first-order valence-corrected chi connectivity index (χ1v) is 8.43. The fourth-order valence-electron chi connectivity index (χ4n) is 2.65. The quantitative estimate of drug-likeness (QED) is 0.826. The van der Waals surface area contributed by atoms with Gasteiger partial charge in [-0.1, -0.05) is 12.1 Å². The fourth-order valence-corrected chi connectivity index (χ4v) is 3.11. The Bertz CT molecular complexity index is 700. The molecule has 0 saturated carbocycles. The highest BCUT2D eigenvalue weighted by Gasteiger charge is 2.25. The number of benzene rings is 1. The summed E-state index contributed by atoms with van der Waals surface area (Å²) in [6.45, 7) is 3.22. The Kier molecular flexibility index (Phi) is 4.91. The number of aromatic nitrogens is 2. The van der Waals surface area contributed by atoms with Crippen LogP contribution in [0.15, 0.2) is 41.0 Å². The number of nitrogens with zero attached hydrogens (tertiary/aromatic N) is 3. The van der Waals surface area contributed by atoms with Gasteiger partial charge in [-0.05, 0) is 35.0 Å². The van der Waals surface area contributed by atoms with Crippen LogP contribution in [0.3, 0.4) is 0 Å². The number of ether oxygens (including phenoxy) is 1. The molecule has 1 aromatic heterocycles. The monoisotopic (exact) mass is 375 g/mol. The van der Waals surface area contributed by atoms with Crippen molar-refractivity contribution < 1.29 is 9.53 Å². The summed E-state index contributed by atoms with van der Waals surface area (Å²) in [5.41, 5.74) is 0.707. The SMILES string of the molecule is Cc1nccc(OC2CCN(C(=O)c3ccccc3Br)CC2)n1. The van der Waals surface area contributed by atoms with Gasteiger partial charge in [0.05, 0.1) is 5.56 Å². The van der Waals surface area contributed by atoms with Gasteiger partial charge in [-0.25, -0.2) is 4.98 Å². The van der Waals surface area contributed by atoms with E-state index in [1.54, 1.807) is 12.3 Å². The first-order chi connectivity index (χ1) is 11.1. The lowest BCUT2D eigenvalue weighted by atomic mass is 10.1. The molecule has 0 bridgehead atoms. The number of likely N-dealkylation sites (tertiary alicyclic amines) is 1. The summed E-state index contributed by atoms with van der Waals surface area (Å²) in [7, 11) is 0. The van der Waals surface area contributed by atoms with E-state index in [-0.39, 0.29) is 12.0 Å². The molecular formula is C17H18BrN3O2. The van der Waals surface area contributed by atoms with Gasteiger partial charge in [0.2, 0.25) is 5.88 Å². The number of carbonyl (C=O) groups is 1. The third-order valence-corrected chi connectivity index (χ3v) is 4.56. The third kappa shape index (κ3) is 3.88. The van der Waals surface area contributed by atoms with E-state index in [9.17, 15) is 4.79 Å². The average Bonchev–Trinajstić information content (AvgIpc) is 2.55. The van der Waals surface area contributed by atoms with Gasteiger partial charge >= 0.3 is 0 Å². The van der Waals surface area contributed by atoms with Crippen LogP contribution in [-0.4, -0.2) is 40.0 Å². The first kappa shape index (κ1) is 15.9. The zero-order valence-corrected chi connectivity index (χ0v) is 14.5. The van der Waals surface area contributed by atoms with E-state index in [1.807, 2.05) is 36.1 Å². The molecule has 5 nitrogen and oxygen atoms in total. The topological polar surface area (TPSA) is 55.3 Å². The fraction of sp³-hybridized carbons (Fsp3) is 0.353. The first-order valence-electron chi connectivity index (χ1n) is 7.63. The molecule has 2 aromatic rings. The summed E-state index contributed by atoms with van der Waals surface area (Å²) in [5, 5.41) is 0. The number of piperidine rings is 1. The summed E-state index contributed by atoms with van der Waals surface area (Å²) >= 11 is 3.44. The van der Waals surface area contributed by atoms with Crippen molar-refractivity contribution >= 4 is 21.8 Å². The Labute approximate surface area is 143 Å². The Morgan fingerprint density at radius 2 is 2.00 bits per heavy atom. The molecule has 2 heterocycles. The lowest BCUT2D eigenvalue weighted by Crippen LogP contribution is -2.42. The molecule has 1 aliphatic heterocycles. The summed E-state index contributed by atoms with van der Waals surface area (Å²) in [4.78, 5) is 22.8. The van der Waals surface area contributed by atoms with Crippen LogP contribution in [-0.2, 0) is 0 Å². The second-order valence-electron chi connectivity index (χ2n) is 5.53. The highest BCUT2D eigenvalue weighted by Crippen LogP contribution is 2.22. The zero-order chi connectivity index (χ0) is 16.2. The maximum atomic E-state index is 12.6. The lowest BCUT2D eigenvalue weighted by Gasteiger charge is -2.32. The van der Waals surface area contributed by atoms with Gasteiger partial charge in [0.15, 0.2) is 0 Å². The number of hydrogen-bond acceptors (Lipinski definition) is 4. The number of carbonyl (C=O) groups excluding carboxylic acids is 1. The standard InChI is InChI=1S/C17H18BrN3O2/c1-12-19-9-6-16(20-12)23-13-7-10-21(11-8-13)17(22)14-4-2-3-5-15(14)18/h2-6,9,13H,7-8,10-11H2,1H3. The largest absolute Gasteiger partial charge is 0.474 e. The highest BCUT2D eigenvalue weighted by molar-refractivity contribution is 9.10. The summed E-state index contributed by atoms with van der Waals surface area (Å²) < 4.78 is 6.73. The number of hydrogen-bond donors (Lipinski definition) is 0. The average molecular weight is 376 g/mol. The molecule has 1 saturated heterocycles. The van der Waals surface area contributed by atoms with Crippen LogP contribution < -0.4 is 4.74 Å². The van der Waals surface area contributed by atoms with Gasteiger partial charge in [0.25, 0.3) is 5.91 Å². The summed E-state index contributed by atoms with van der Waals surface area (Å²) in [6, 6.07) is 9.29. The van der Waals surface area contributed by atoms with E-state index in [0.717, 1.165) is 17.3 Å². The van der Waals surface area contributed by atoms with E-state index in [1.165, 1.54) is 0 Å². The van der Waals surface area contributed by atoms with Crippen molar-refractivity contribution in [3.63, 3.8) is 0 Å². The molecule has 0 radical (unpaired) electrons. The van der Waals surface area contributed by atoms with Crippen LogP contribution in [0.1, 0.15) is 29.0 Å². The van der Waals surface area contributed by atoms with Crippen LogP contribution in [0.2, 0.25) is 0 Å². The lowest BCUT2D eigenvalue weighted by molar-refractivity contribution is 0.0586. The van der Waals surface area contributed by atoms with Gasteiger partial charge in [-0.3, -0.25) is 4.79 Å². The molecular weight excluding hydrogens is 358 g/mol. The summed E-state index contributed by atoms with van der Waals surface area (Å²) in [6.07, 6.45) is 3.40. The molecule has 1 aromatic carbocycles. The van der Waals surface area contributed by atoms with Crippen molar-refractivity contribution in [2.24, 2.45) is 0 Å². The van der Waals surface area contributed by atoms with Crippen molar-refractivity contribution in [1.82, 2.24) is 14.9 Å². The number of amides is 1. The van der Waals surface area contributed by atoms with Crippen molar-refractivity contribution in [2.75, 3.05) is 13.1 Å². The molecule has 120 valence electrons. The van der Waals surface area contributed by atoms with Crippen molar-refractivity contribution in [3.05, 3.63) is 52.4 Å². The molecule has 0 atom stereocenters. The Morgan fingerprint density at radius 1 is 1.26 bits per heavy atom. The molecule has 0 aliphatic carbocycles. The molecule has 3 rings (SSSR count). The van der Waals surface area contributed by atoms with Gasteiger partial charge in [0, 0.05) is 42.7 Å². The maximum Gasteiger partial charge on any atom is 0.255 e. The smallest absolute Gasteiger partial charge is 0.255 e. The van der Waals surface area contributed by atoms with E-state index >= 15 is 0 Å². The van der Waals surface area contributed by atoms with Gasteiger partial charge < -0.3 is 9.64 Å². The highest BCUT2D eigenvalue weighted by atomic mass is 79.9. The minimum absolute atomic E-state index is 0.0637. The van der Waals surface area contributed by atoms with Gasteiger partial charge in [0.1, 0.15) is 11.9 Å². The van der Waals surface area contributed by atoms with Crippen molar-refractivity contribution in [3.8, 4) is 5.88 Å². The van der Waals surface area contributed by atoms with Crippen LogP contribution >= 0.6 is 15.9 Å². The van der Waals surface area contributed by atoms with Gasteiger partial charge in [-0.15, -0.1) is 0 Å². The minimum Gasteiger partial charge on any atom is -0.474 e. The molecule has 1 amide bonds. The van der Waals surface area contributed by atoms with Crippen LogP contribution in [0.25, 0.3) is 0 Å². The molecule has 0 unspecified atom stereocenters. The number of rotatable bonds is 3. The van der Waals surface area contributed by atoms with Crippen molar-refractivity contribution in [2.45, 2.75) is 25.9 Å². The third-order valence-electron chi connectivity index (χ3n) is 3.87. The zero-order valence-electron chi connectivity index (χ0n) is 12.9. The van der Waals surface area contributed by atoms with E-state index < -0.39 is 0 Å². The van der Waals surface area contributed by atoms with E-state index in [4.69, 9.17) is 4.74 Å². The van der Waals surface area contributed by atoms with Crippen LogP contribution in [0, 0.1) is 6.92 Å². The molecule has 0 N–H and O–H groups in total. The number of aryl methyl sites for hydroxylation is 1. The Balaban J connectivity index is 1.58. The van der Waals surface area contributed by atoms with E-state index in [2.05, 4.69) is 25.9 Å². The minimum atomic E-state index is 0.0637. The Hall–Kier alpha value is -1.95.